The van der Waals surface area contributed by atoms with Gasteiger partial charge in [-0.15, -0.1) is 0 Å². The van der Waals surface area contributed by atoms with Gasteiger partial charge in [-0.3, -0.25) is 9.59 Å². The molecule has 2 amide bonds. The maximum atomic E-state index is 12.1. The third-order valence-corrected chi connectivity index (χ3v) is 5.11. The molecule has 2 aliphatic carbocycles. The fraction of sp³-hybridized carbons (Fsp3) is 0.789. The van der Waals surface area contributed by atoms with Gasteiger partial charge in [-0.1, -0.05) is 30.9 Å². The van der Waals surface area contributed by atoms with E-state index in [9.17, 15) is 9.59 Å². The van der Waals surface area contributed by atoms with Gasteiger partial charge in [0.15, 0.2) is 0 Å². The Bertz CT molecular complexity index is 425. The van der Waals surface area contributed by atoms with Crippen molar-refractivity contribution in [2.24, 2.45) is 0 Å². The maximum absolute atomic E-state index is 12.1. The van der Waals surface area contributed by atoms with Crippen LogP contribution in [-0.4, -0.2) is 35.8 Å². The lowest BCUT2D eigenvalue weighted by molar-refractivity contribution is -0.129. The minimum absolute atomic E-state index is 0.0758. The number of hydrogen-bond acceptors (Lipinski definition) is 2. The maximum Gasteiger partial charge on any atom is 0.221 e. The van der Waals surface area contributed by atoms with E-state index in [2.05, 4.69) is 11.4 Å². The molecule has 0 bridgehead atoms. The minimum atomic E-state index is 0.0758. The first-order valence-corrected chi connectivity index (χ1v) is 9.38. The predicted octanol–water partition coefficient (Wildman–Crippen LogP) is 3.56. The molecule has 1 saturated carbocycles. The van der Waals surface area contributed by atoms with Crippen LogP contribution in [0.4, 0.5) is 0 Å². The lowest BCUT2D eigenvalue weighted by Crippen LogP contribution is -2.39. The average Bonchev–Trinajstić information content (AvgIpc) is 2.56. The highest BCUT2D eigenvalue weighted by molar-refractivity contribution is 5.78. The number of hydrogen-bond donors (Lipinski definition) is 1. The monoisotopic (exact) mass is 320 g/mol. The third-order valence-electron chi connectivity index (χ3n) is 5.11. The lowest BCUT2D eigenvalue weighted by atomic mass is 9.95. The lowest BCUT2D eigenvalue weighted by Gasteiger charge is -2.25. The van der Waals surface area contributed by atoms with Crippen molar-refractivity contribution in [2.45, 2.75) is 83.6 Å². The zero-order chi connectivity index (χ0) is 16.5. The van der Waals surface area contributed by atoms with E-state index in [0.717, 1.165) is 25.8 Å². The van der Waals surface area contributed by atoms with Crippen LogP contribution in [0.3, 0.4) is 0 Å². The predicted molar refractivity (Wildman–Crippen MR) is 93.1 cm³/mol. The Hall–Kier alpha value is -1.32. The van der Waals surface area contributed by atoms with E-state index in [0.29, 0.717) is 19.0 Å². The number of rotatable bonds is 7. The molecule has 2 aliphatic rings. The number of allylic oxidation sites excluding steroid dienone is 1. The van der Waals surface area contributed by atoms with Crippen molar-refractivity contribution < 1.29 is 9.59 Å². The molecule has 0 saturated heterocycles. The van der Waals surface area contributed by atoms with E-state index in [1.807, 2.05) is 4.90 Å². The van der Waals surface area contributed by atoms with E-state index in [-0.39, 0.29) is 11.8 Å². The zero-order valence-electron chi connectivity index (χ0n) is 14.6. The molecule has 0 radical (unpaired) electrons. The molecule has 0 heterocycles. The van der Waals surface area contributed by atoms with Crippen molar-refractivity contribution in [3.8, 4) is 0 Å². The molecule has 2 rings (SSSR count). The number of carbonyl (C=O) groups excluding carboxylic acids is 2. The second-order valence-electron chi connectivity index (χ2n) is 7.02. The SMILES string of the molecule is CC(=O)N(CCC(=O)NC1CCCCC1)CCC1=CCCCC1. The van der Waals surface area contributed by atoms with E-state index >= 15 is 0 Å². The van der Waals surface area contributed by atoms with Crippen LogP contribution in [0, 0.1) is 0 Å². The number of nitrogens with zero attached hydrogens (tertiary/aromatic N) is 1. The summed E-state index contributed by atoms with van der Waals surface area (Å²) >= 11 is 0. The first-order valence-electron chi connectivity index (χ1n) is 9.38. The molecular formula is C19H32N2O2. The zero-order valence-corrected chi connectivity index (χ0v) is 14.6. The summed E-state index contributed by atoms with van der Waals surface area (Å²) in [5.74, 6) is 0.173. The summed E-state index contributed by atoms with van der Waals surface area (Å²) in [5.41, 5.74) is 1.48. The number of carbonyl (C=O) groups is 2. The Morgan fingerprint density at radius 1 is 1.13 bits per heavy atom. The molecule has 1 fully saturated rings. The summed E-state index contributed by atoms with van der Waals surface area (Å²) in [6, 6.07) is 0.356. The molecule has 0 aromatic rings. The van der Waals surface area contributed by atoms with Gasteiger partial charge >= 0.3 is 0 Å². The van der Waals surface area contributed by atoms with Gasteiger partial charge in [0, 0.05) is 32.5 Å². The van der Waals surface area contributed by atoms with Gasteiger partial charge in [0.05, 0.1) is 0 Å². The van der Waals surface area contributed by atoms with Gasteiger partial charge in [0.2, 0.25) is 11.8 Å². The summed E-state index contributed by atoms with van der Waals surface area (Å²) in [7, 11) is 0. The Kier molecular flexibility index (Phi) is 7.63. The van der Waals surface area contributed by atoms with E-state index in [1.165, 1.54) is 50.5 Å². The van der Waals surface area contributed by atoms with Gasteiger partial charge in [-0.05, 0) is 44.9 Å². The summed E-state index contributed by atoms with van der Waals surface area (Å²) in [5, 5.41) is 3.13. The Morgan fingerprint density at radius 3 is 2.57 bits per heavy atom. The smallest absolute Gasteiger partial charge is 0.221 e. The van der Waals surface area contributed by atoms with Crippen LogP contribution in [0.2, 0.25) is 0 Å². The summed E-state index contributed by atoms with van der Waals surface area (Å²) in [4.78, 5) is 25.7. The van der Waals surface area contributed by atoms with Gasteiger partial charge in [0.25, 0.3) is 0 Å². The van der Waals surface area contributed by atoms with Crippen molar-refractivity contribution in [3.05, 3.63) is 11.6 Å². The number of amides is 2. The molecule has 0 aliphatic heterocycles. The highest BCUT2D eigenvalue weighted by Crippen LogP contribution is 2.20. The van der Waals surface area contributed by atoms with Gasteiger partial charge in [0.1, 0.15) is 0 Å². The molecule has 4 heteroatoms. The standard InChI is InChI=1S/C19H32N2O2/c1-16(22)21(14-12-17-8-4-2-5-9-17)15-13-19(23)20-18-10-6-3-7-11-18/h8,18H,2-7,9-15H2,1H3,(H,20,23). The Labute approximate surface area is 140 Å². The van der Waals surface area contributed by atoms with Crippen molar-refractivity contribution in [3.63, 3.8) is 0 Å². The first kappa shape index (κ1) is 18.0. The molecule has 1 N–H and O–H groups in total. The van der Waals surface area contributed by atoms with Crippen LogP contribution in [0.15, 0.2) is 11.6 Å². The molecule has 0 spiro atoms. The van der Waals surface area contributed by atoms with Crippen LogP contribution in [-0.2, 0) is 9.59 Å². The summed E-state index contributed by atoms with van der Waals surface area (Å²) in [6.07, 6.45) is 14.6. The normalized spacial score (nSPS) is 19.1. The summed E-state index contributed by atoms with van der Waals surface area (Å²) in [6.45, 7) is 2.90. The van der Waals surface area contributed by atoms with E-state index < -0.39 is 0 Å². The van der Waals surface area contributed by atoms with Crippen molar-refractivity contribution >= 4 is 11.8 Å². The van der Waals surface area contributed by atoms with Crippen LogP contribution in [0.25, 0.3) is 0 Å². The van der Waals surface area contributed by atoms with Crippen molar-refractivity contribution in [2.75, 3.05) is 13.1 Å². The second kappa shape index (κ2) is 9.74. The van der Waals surface area contributed by atoms with Crippen molar-refractivity contribution in [1.82, 2.24) is 10.2 Å². The molecule has 0 aromatic carbocycles. The van der Waals surface area contributed by atoms with E-state index in [1.54, 1.807) is 6.92 Å². The molecule has 130 valence electrons. The molecule has 4 nitrogen and oxygen atoms in total. The highest BCUT2D eigenvalue weighted by atomic mass is 16.2. The molecule has 23 heavy (non-hydrogen) atoms. The van der Waals surface area contributed by atoms with Gasteiger partial charge in [-0.2, -0.15) is 0 Å². The van der Waals surface area contributed by atoms with Gasteiger partial charge in [-0.25, -0.2) is 0 Å². The fourth-order valence-corrected chi connectivity index (χ4v) is 3.62. The second-order valence-corrected chi connectivity index (χ2v) is 7.02. The summed E-state index contributed by atoms with van der Waals surface area (Å²) < 4.78 is 0. The highest BCUT2D eigenvalue weighted by Gasteiger charge is 2.17. The first-order chi connectivity index (χ1) is 11.1. The average molecular weight is 320 g/mol. The molecular weight excluding hydrogens is 288 g/mol. The van der Waals surface area contributed by atoms with E-state index in [4.69, 9.17) is 0 Å². The quantitative estimate of drug-likeness (QED) is 0.729. The van der Waals surface area contributed by atoms with Crippen LogP contribution >= 0.6 is 0 Å². The molecule has 0 atom stereocenters. The third kappa shape index (κ3) is 6.76. The molecule has 0 unspecified atom stereocenters. The molecule has 0 aromatic heterocycles. The fourth-order valence-electron chi connectivity index (χ4n) is 3.62. The van der Waals surface area contributed by atoms with Crippen LogP contribution in [0.1, 0.15) is 77.6 Å². The number of nitrogens with one attached hydrogen (secondary N) is 1. The Balaban J connectivity index is 1.69. The Morgan fingerprint density at radius 2 is 1.91 bits per heavy atom. The van der Waals surface area contributed by atoms with Crippen LogP contribution < -0.4 is 5.32 Å². The largest absolute Gasteiger partial charge is 0.353 e. The van der Waals surface area contributed by atoms with Crippen LogP contribution in [0.5, 0.6) is 0 Å². The van der Waals surface area contributed by atoms with Gasteiger partial charge < -0.3 is 10.2 Å². The van der Waals surface area contributed by atoms with Crippen molar-refractivity contribution in [1.29, 1.82) is 0 Å². The minimum Gasteiger partial charge on any atom is -0.353 e. The topological polar surface area (TPSA) is 49.4 Å².